The Hall–Kier alpha value is 0.571. The van der Waals surface area contributed by atoms with Gasteiger partial charge in [-0.3, -0.25) is 9.01 Å². The van der Waals surface area contributed by atoms with E-state index in [0.29, 0.717) is 0 Å². The number of rotatable bonds is 4. The van der Waals surface area contributed by atoms with Crippen LogP contribution in [0.15, 0.2) is 0 Å². The van der Waals surface area contributed by atoms with E-state index in [4.69, 9.17) is 0 Å². The molecule has 0 aliphatic carbocycles. The summed E-state index contributed by atoms with van der Waals surface area (Å²) in [7, 11) is 1.39. The van der Waals surface area contributed by atoms with E-state index < -0.39 is 0 Å². The molecule has 0 bridgehead atoms. The van der Waals surface area contributed by atoms with E-state index in [1.54, 1.807) is 0 Å². The molecule has 0 unspecified atom stereocenters. The van der Waals surface area contributed by atoms with Crippen LogP contribution in [-0.2, 0) is 0 Å². The third-order valence-electron chi connectivity index (χ3n) is 1.79. The minimum Gasteiger partial charge on any atom is -0.291 e. The van der Waals surface area contributed by atoms with Gasteiger partial charge in [0.05, 0.1) is 0 Å². The summed E-state index contributed by atoms with van der Waals surface area (Å²) in [5, 5.41) is 0. The normalized spacial score (nSPS) is 13.0. The number of hydrazine groups is 1. The molecule has 0 N–H and O–H groups in total. The minimum absolute atomic E-state index is 0.286. The second kappa shape index (κ2) is 5.33. The molecule has 0 atom stereocenters. The van der Waals surface area contributed by atoms with E-state index >= 15 is 0 Å². The van der Waals surface area contributed by atoms with Crippen LogP contribution in [0.4, 0.5) is 0 Å². The third kappa shape index (κ3) is 3.53. The molecular formula is C7H21N2Si3. The lowest BCUT2D eigenvalue weighted by atomic mass is 11.5. The minimum atomic E-state index is -0.290. The highest BCUT2D eigenvalue weighted by Crippen LogP contribution is 2.05. The zero-order valence-corrected chi connectivity index (χ0v) is 12.4. The van der Waals surface area contributed by atoms with Crippen LogP contribution in [0.3, 0.4) is 0 Å². The molecule has 0 aromatic rings. The molecule has 0 aromatic carbocycles. The molecule has 2 nitrogen and oxygen atoms in total. The number of hydrogen-bond donors (Lipinski definition) is 0. The maximum absolute atomic E-state index is 2.66. The van der Waals surface area contributed by atoms with Crippen molar-refractivity contribution in [2.75, 3.05) is 7.05 Å². The summed E-state index contributed by atoms with van der Waals surface area (Å²) in [6.07, 6.45) is 0. The van der Waals surface area contributed by atoms with Gasteiger partial charge in [0.15, 0.2) is 0 Å². The topological polar surface area (TPSA) is 6.48 Å². The van der Waals surface area contributed by atoms with E-state index in [9.17, 15) is 0 Å². The molecule has 0 aliphatic rings. The molecule has 0 amide bonds. The van der Waals surface area contributed by atoms with Crippen molar-refractivity contribution >= 4 is 26.9 Å². The van der Waals surface area contributed by atoms with Crippen molar-refractivity contribution in [1.29, 1.82) is 0 Å². The molecular weight excluding hydrogens is 196 g/mol. The number of nitrogens with zero attached hydrogens (tertiary/aromatic N) is 2. The Balaban J connectivity index is 4.30. The Bertz CT molecular complexity index is 120. The SMILES string of the molecule is CN(N([Si](C)C)[Si](C)C)[Si](C)C. The maximum Gasteiger partial charge on any atom is 0.147 e. The molecule has 5 heteroatoms. The van der Waals surface area contributed by atoms with E-state index in [0.717, 1.165) is 0 Å². The first kappa shape index (κ1) is 12.6. The molecule has 12 heavy (non-hydrogen) atoms. The maximum atomic E-state index is 2.66. The van der Waals surface area contributed by atoms with Gasteiger partial charge in [-0.15, -0.1) is 0 Å². The fourth-order valence-corrected chi connectivity index (χ4v) is 8.82. The zero-order valence-electron chi connectivity index (χ0n) is 9.39. The van der Waals surface area contributed by atoms with Crippen LogP contribution in [0.2, 0.25) is 39.3 Å². The Morgan fingerprint density at radius 1 is 0.667 bits per heavy atom. The van der Waals surface area contributed by atoms with Gasteiger partial charge in [-0.05, 0) is 7.05 Å². The van der Waals surface area contributed by atoms with Crippen LogP contribution in [0.25, 0.3) is 0 Å². The molecule has 0 saturated carbocycles. The van der Waals surface area contributed by atoms with Gasteiger partial charge in [0.25, 0.3) is 0 Å². The van der Waals surface area contributed by atoms with Crippen molar-refractivity contribution < 1.29 is 0 Å². The van der Waals surface area contributed by atoms with Gasteiger partial charge in [-0.25, -0.2) is 0 Å². The summed E-state index contributed by atoms with van der Waals surface area (Å²) in [5.41, 5.74) is 0. The highest BCUT2D eigenvalue weighted by molar-refractivity contribution is 6.71. The van der Waals surface area contributed by atoms with Crippen molar-refractivity contribution in [2.45, 2.75) is 39.3 Å². The fourth-order valence-electron chi connectivity index (χ4n) is 1.25. The summed E-state index contributed by atoms with van der Waals surface area (Å²) in [6.45, 7) is 14.2. The first-order chi connectivity index (χ1) is 5.37. The quantitative estimate of drug-likeness (QED) is 0.524. The van der Waals surface area contributed by atoms with E-state index in [1.807, 2.05) is 0 Å². The molecule has 0 fully saturated rings. The average molecular weight is 218 g/mol. The van der Waals surface area contributed by atoms with Gasteiger partial charge in [0, 0.05) is 0 Å². The number of hydrogen-bond acceptors (Lipinski definition) is 2. The standard InChI is InChI=1S/C7H21N2Si3/c1-8(10(2)3)9(11(4)5)12(6)7/h1-7H3. The summed E-state index contributed by atoms with van der Waals surface area (Å²) < 4.78 is 5.16. The first-order valence-electron chi connectivity index (χ1n) is 4.32. The smallest absolute Gasteiger partial charge is 0.147 e. The molecule has 0 rings (SSSR count). The van der Waals surface area contributed by atoms with Crippen LogP contribution in [-0.4, -0.2) is 42.9 Å². The van der Waals surface area contributed by atoms with Crippen LogP contribution in [0.5, 0.6) is 0 Å². The fraction of sp³-hybridized carbons (Fsp3) is 1.00. The summed E-state index contributed by atoms with van der Waals surface area (Å²) in [4.78, 5) is 0. The Labute approximate surface area is 82.6 Å². The van der Waals surface area contributed by atoms with Crippen molar-refractivity contribution in [2.24, 2.45) is 0 Å². The summed E-state index contributed by atoms with van der Waals surface area (Å²) >= 11 is 0. The van der Waals surface area contributed by atoms with Crippen LogP contribution >= 0.6 is 0 Å². The van der Waals surface area contributed by atoms with E-state index in [1.165, 1.54) is 0 Å². The third-order valence-corrected chi connectivity index (χ3v) is 8.67. The highest BCUT2D eigenvalue weighted by Gasteiger charge is 2.22. The predicted molar refractivity (Wildman–Crippen MR) is 62.0 cm³/mol. The molecule has 0 spiro atoms. The Morgan fingerprint density at radius 2 is 1.00 bits per heavy atom. The zero-order chi connectivity index (χ0) is 9.89. The van der Waals surface area contributed by atoms with Gasteiger partial charge in [0.2, 0.25) is 0 Å². The van der Waals surface area contributed by atoms with Crippen molar-refractivity contribution in [3.63, 3.8) is 0 Å². The van der Waals surface area contributed by atoms with Crippen molar-refractivity contribution in [3.8, 4) is 0 Å². The molecule has 0 aliphatic heterocycles. The van der Waals surface area contributed by atoms with E-state index in [2.05, 4.69) is 55.3 Å². The lowest BCUT2D eigenvalue weighted by Crippen LogP contribution is -2.56. The van der Waals surface area contributed by atoms with Gasteiger partial charge in [0.1, 0.15) is 26.9 Å². The molecule has 3 radical (unpaired) electrons. The highest BCUT2D eigenvalue weighted by atomic mass is 28.4. The van der Waals surface area contributed by atoms with Gasteiger partial charge >= 0.3 is 0 Å². The van der Waals surface area contributed by atoms with Gasteiger partial charge < -0.3 is 0 Å². The van der Waals surface area contributed by atoms with Crippen molar-refractivity contribution in [3.05, 3.63) is 0 Å². The predicted octanol–water partition coefficient (Wildman–Crippen LogP) is 1.89. The van der Waals surface area contributed by atoms with Crippen LogP contribution < -0.4 is 0 Å². The second-order valence-electron chi connectivity index (χ2n) is 3.68. The van der Waals surface area contributed by atoms with Gasteiger partial charge in [-0.1, -0.05) is 39.3 Å². The summed E-state index contributed by atoms with van der Waals surface area (Å²) in [5.74, 6) is 0. The molecule has 0 aromatic heterocycles. The van der Waals surface area contributed by atoms with E-state index in [-0.39, 0.29) is 26.9 Å². The lowest BCUT2D eigenvalue weighted by Gasteiger charge is -2.39. The molecule has 0 heterocycles. The first-order valence-corrected chi connectivity index (χ1v) is 11.7. The second-order valence-corrected chi connectivity index (χ2v) is 11.3. The van der Waals surface area contributed by atoms with Crippen molar-refractivity contribution in [1.82, 2.24) is 9.01 Å². The van der Waals surface area contributed by atoms with Crippen LogP contribution in [0.1, 0.15) is 0 Å². The van der Waals surface area contributed by atoms with Gasteiger partial charge in [-0.2, -0.15) is 0 Å². The monoisotopic (exact) mass is 217 g/mol. The average Bonchev–Trinajstić information content (AvgIpc) is 1.85. The molecule has 71 valence electrons. The van der Waals surface area contributed by atoms with Crippen LogP contribution in [0, 0.1) is 0 Å². The largest absolute Gasteiger partial charge is 0.291 e. The Morgan fingerprint density at radius 3 is 1.08 bits per heavy atom. The lowest BCUT2D eigenvalue weighted by molar-refractivity contribution is 0.306. The Kier molecular flexibility index (Phi) is 5.59. The summed E-state index contributed by atoms with van der Waals surface area (Å²) in [6, 6.07) is 0. The molecule has 0 saturated heterocycles.